The number of rotatable bonds is 5. The molecular formula is C21H21BrN2O. The summed E-state index contributed by atoms with van der Waals surface area (Å²) in [5.41, 5.74) is 11.6. The van der Waals surface area contributed by atoms with Gasteiger partial charge in [0.15, 0.2) is 0 Å². The first-order chi connectivity index (χ1) is 12.0. The summed E-state index contributed by atoms with van der Waals surface area (Å²) in [6, 6.07) is 18.4. The van der Waals surface area contributed by atoms with Crippen molar-refractivity contribution < 1.29 is 4.79 Å². The molecule has 4 heteroatoms. The summed E-state index contributed by atoms with van der Waals surface area (Å²) >= 11 is 3.46. The largest absolute Gasteiger partial charge is 0.366 e. The van der Waals surface area contributed by atoms with Crippen LogP contribution in [0.1, 0.15) is 27.3 Å². The van der Waals surface area contributed by atoms with Crippen LogP contribution in [0.3, 0.4) is 0 Å². The van der Waals surface area contributed by atoms with Crippen LogP contribution in [-0.2, 0) is 13.0 Å². The normalized spacial score (nSPS) is 10.8. The quantitative estimate of drug-likeness (QED) is 0.656. The standard InChI is InChI=1S/C21H21BrN2O/c1-14-19(17-8-10-18(22)11-9-17)20(21(23)25)15(2)24(14)13-12-16-6-4-3-5-7-16/h3-11H,12-13H2,1-2H3,(H2,23,25). The van der Waals surface area contributed by atoms with E-state index >= 15 is 0 Å². The van der Waals surface area contributed by atoms with Gasteiger partial charge < -0.3 is 10.3 Å². The second-order valence-corrected chi connectivity index (χ2v) is 7.09. The van der Waals surface area contributed by atoms with Crippen LogP contribution in [0.25, 0.3) is 11.1 Å². The molecule has 2 N–H and O–H groups in total. The highest BCUT2D eigenvalue weighted by molar-refractivity contribution is 9.10. The predicted octanol–water partition coefficient (Wildman–Crippen LogP) is 4.88. The average Bonchev–Trinajstić information content (AvgIpc) is 2.85. The van der Waals surface area contributed by atoms with Gasteiger partial charge in [-0.15, -0.1) is 0 Å². The van der Waals surface area contributed by atoms with E-state index in [0.717, 1.165) is 40.0 Å². The SMILES string of the molecule is Cc1c(C(N)=O)c(-c2ccc(Br)cc2)c(C)n1CCc1ccccc1. The molecule has 0 bridgehead atoms. The summed E-state index contributed by atoms with van der Waals surface area (Å²) < 4.78 is 3.21. The van der Waals surface area contributed by atoms with E-state index in [0.29, 0.717) is 5.56 Å². The van der Waals surface area contributed by atoms with Crippen molar-refractivity contribution in [1.82, 2.24) is 4.57 Å². The van der Waals surface area contributed by atoms with Crippen molar-refractivity contribution in [1.29, 1.82) is 0 Å². The Labute approximate surface area is 156 Å². The molecule has 2 aromatic carbocycles. The Bertz CT molecular complexity index is 896. The topological polar surface area (TPSA) is 48.0 Å². The zero-order chi connectivity index (χ0) is 18.0. The Morgan fingerprint density at radius 1 is 1.00 bits per heavy atom. The first kappa shape index (κ1) is 17.5. The van der Waals surface area contributed by atoms with Gasteiger partial charge in [-0.25, -0.2) is 0 Å². The summed E-state index contributed by atoms with van der Waals surface area (Å²) in [5.74, 6) is -0.378. The summed E-state index contributed by atoms with van der Waals surface area (Å²) in [7, 11) is 0. The molecule has 0 unspecified atom stereocenters. The second-order valence-electron chi connectivity index (χ2n) is 6.18. The zero-order valence-electron chi connectivity index (χ0n) is 14.4. The number of hydrogen-bond donors (Lipinski definition) is 1. The second kappa shape index (κ2) is 7.28. The molecule has 1 heterocycles. The fourth-order valence-corrected chi connectivity index (χ4v) is 3.64. The first-order valence-electron chi connectivity index (χ1n) is 8.28. The molecular weight excluding hydrogens is 376 g/mol. The van der Waals surface area contributed by atoms with Gasteiger partial charge in [0.2, 0.25) is 0 Å². The average molecular weight is 397 g/mol. The number of carbonyl (C=O) groups excluding carboxylic acids is 1. The van der Waals surface area contributed by atoms with Crippen molar-refractivity contribution in [3.63, 3.8) is 0 Å². The number of halogens is 1. The third-order valence-corrected chi connectivity index (χ3v) is 5.16. The maximum absolute atomic E-state index is 12.1. The molecule has 0 aliphatic rings. The number of carbonyl (C=O) groups is 1. The van der Waals surface area contributed by atoms with Gasteiger partial charge in [-0.05, 0) is 43.5 Å². The molecule has 0 spiro atoms. The molecule has 0 saturated carbocycles. The minimum Gasteiger partial charge on any atom is -0.366 e. The molecule has 0 aliphatic heterocycles. The fraction of sp³-hybridized carbons (Fsp3) is 0.190. The zero-order valence-corrected chi connectivity index (χ0v) is 16.0. The first-order valence-corrected chi connectivity index (χ1v) is 9.07. The summed E-state index contributed by atoms with van der Waals surface area (Å²) in [6.45, 7) is 4.85. The molecule has 3 nitrogen and oxygen atoms in total. The van der Waals surface area contributed by atoms with Crippen LogP contribution in [-0.4, -0.2) is 10.5 Å². The van der Waals surface area contributed by atoms with Gasteiger partial charge in [0.25, 0.3) is 5.91 Å². The summed E-state index contributed by atoms with van der Waals surface area (Å²) in [6.07, 6.45) is 0.912. The number of primary amides is 1. The molecule has 0 aliphatic carbocycles. The van der Waals surface area contributed by atoms with Crippen LogP contribution in [0.2, 0.25) is 0 Å². The Morgan fingerprint density at radius 3 is 2.24 bits per heavy atom. The van der Waals surface area contributed by atoms with Crippen molar-refractivity contribution in [3.05, 3.63) is 81.6 Å². The van der Waals surface area contributed by atoms with Crippen molar-refractivity contribution >= 4 is 21.8 Å². The van der Waals surface area contributed by atoms with E-state index in [9.17, 15) is 4.79 Å². The van der Waals surface area contributed by atoms with Crippen LogP contribution in [0.4, 0.5) is 0 Å². The number of aromatic nitrogens is 1. The van der Waals surface area contributed by atoms with Gasteiger partial charge in [-0.3, -0.25) is 4.79 Å². The molecule has 1 aromatic heterocycles. The molecule has 3 rings (SSSR count). The molecule has 1 amide bonds. The minimum absolute atomic E-state index is 0.378. The molecule has 128 valence electrons. The summed E-state index contributed by atoms with van der Waals surface area (Å²) in [4.78, 5) is 12.1. The minimum atomic E-state index is -0.378. The number of nitrogens with zero attached hydrogens (tertiary/aromatic N) is 1. The van der Waals surface area contributed by atoms with E-state index in [1.807, 2.05) is 49.4 Å². The lowest BCUT2D eigenvalue weighted by Crippen LogP contribution is -2.13. The Morgan fingerprint density at radius 2 is 1.64 bits per heavy atom. The van der Waals surface area contributed by atoms with Crippen molar-refractivity contribution in [2.75, 3.05) is 0 Å². The van der Waals surface area contributed by atoms with Crippen LogP contribution in [0.15, 0.2) is 59.1 Å². The molecule has 0 radical (unpaired) electrons. The van der Waals surface area contributed by atoms with Crippen LogP contribution < -0.4 is 5.73 Å². The van der Waals surface area contributed by atoms with Crippen LogP contribution >= 0.6 is 15.9 Å². The highest BCUT2D eigenvalue weighted by Crippen LogP contribution is 2.33. The van der Waals surface area contributed by atoms with E-state index in [-0.39, 0.29) is 5.91 Å². The Hall–Kier alpha value is -2.33. The van der Waals surface area contributed by atoms with Crippen molar-refractivity contribution in [2.45, 2.75) is 26.8 Å². The molecule has 0 saturated heterocycles. The van der Waals surface area contributed by atoms with Gasteiger partial charge in [0, 0.05) is 28.0 Å². The molecule has 25 heavy (non-hydrogen) atoms. The lowest BCUT2D eigenvalue weighted by atomic mass is 10.0. The number of nitrogens with two attached hydrogens (primary N) is 1. The molecule has 3 aromatic rings. The van der Waals surface area contributed by atoms with Gasteiger partial charge in [-0.2, -0.15) is 0 Å². The molecule has 0 fully saturated rings. The van der Waals surface area contributed by atoms with E-state index in [4.69, 9.17) is 5.73 Å². The van der Waals surface area contributed by atoms with E-state index in [1.165, 1.54) is 5.56 Å². The van der Waals surface area contributed by atoms with Gasteiger partial charge in [0.05, 0.1) is 5.56 Å². The van der Waals surface area contributed by atoms with Gasteiger partial charge >= 0.3 is 0 Å². The van der Waals surface area contributed by atoms with Crippen LogP contribution in [0.5, 0.6) is 0 Å². The van der Waals surface area contributed by atoms with Crippen molar-refractivity contribution in [3.8, 4) is 11.1 Å². The third-order valence-electron chi connectivity index (χ3n) is 4.63. The number of hydrogen-bond acceptors (Lipinski definition) is 1. The van der Waals surface area contributed by atoms with E-state index in [1.54, 1.807) is 0 Å². The lowest BCUT2D eigenvalue weighted by Gasteiger charge is -2.10. The monoisotopic (exact) mass is 396 g/mol. The highest BCUT2D eigenvalue weighted by Gasteiger charge is 2.22. The van der Waals surface area contributed by atoms with Crippen LogP contribution in [0, 0.1) is 13.8 Å². The van der Waals surface area contributed by atoms with E-state index < -0.39 is 0 Å². The van der Waals surface area contributed by atoms with Gasteiger partial charge in [0.1, 0.15) is 0 Å². The van der Waals surface area contributed by atoms with E-state index in [2.05, 4.69) is 39.6 Å². The number of amides is 1. The maximum atomic E-state index is 12.1. The van der Waals surface area contributed by atoms with Gasteiger partial charge in [-0.1, -0.05) is 58.4 Å². The third kappa shape index (κ3) is 3.54. The highest BCUT2D eigenvalue weighted by atomic mass is 79.9. The maximum Gasteiger partial charge on any atom is 0.251 e. The Kier molecular flexibility index (Phi) is 5.09. The number of aryl methyl sites for hydroxylation is 1. The Balaban J connectivity index is 2.03. The molecule has 0 atom stereocenters. The summed E-state index contributed by atoms with van der Waals surface area (Å²) in [5, 5.41) is 0. The fourth-order valence-electron chi connectivity index (χ4n) is 3.38. The lowest BCUT2D eigenvalue weighted by molar-refractivity contribution is 0.1000. The smallest absolute Gasteiger partial charge is 0.251 e. The van der Waals surface area contributed by atoms with Crippen molar-refractivity contribution in [2.24, 2.45) is 5.73 Å². The number of benzene rings is 2. The predicted molar refractivity (Wildman–Crippen MR) is 106 cm³/mol.